The number of hydrogen-bond donors (Lipinski definition) is 1. The fraction of sp³-hybridized carbons (Fsp3) is 0.118. The van der Waals surface area contributed by atoms with Crippen LogP contribution in [0.25, 0.3) is 23.2 Å². The lowest BCUT2D eigenvalue weighted by Gasteiger charge is -2.12. The topological polar surface area (TPSA) is 105 Å². The molecule has 0 saturated carbocycles. The number of carbonyl (C=O) groups is 2. The summed E-state index contributed by atoms with van der Waals surface area (Å²) in [6.07, 6.45) is 3.27. The monoisotopic (exact) mass is 606 g/mol. The van der Waals surface area contributed by atoms with Crippen LogP contribution in [0.5, 0.6) is 17.2 Å². The number of ether oxygens (including phenoxy) is 3. The van der Waals surface area contributed by atoms with Gasteiger partial charge in [-0.15, -0.1) is 10.2 Å². The minimum Gasteiger partial charge on any atom is -0.497 e. The van der Waals surface area contributed by atoms with Gasteiger partial charge in [0.25, 0.3) is 0 Å². The Morgan fingerprint density at radius 3 is 2.23 bits per heavy atom. The zero-order valence-electron chi connectivity index (χ0n) is 24.4. The van der Waals surface area contributed by atoms with Crippen molar-refractivity contribution in [2.24, 2.45) is 0 Å². The molecule has 0 fully saturated rings. The zero-order chi connectivity index (χ0) is 30.9. The zero-order valence-corrected chi connectivity index (χ0v) is 25.2. The molecule has 0 unspecified atom stereocenters. The van der Waals surface area contributed by atoms with E-state index >= 15 is 0 Å². The molecule has 0 atom stereocenters. The number of benzene rings is 4. The quantitative estimate of drug-likeness (QED) is 0.0964. The summed E-state index contributed by atoms with van der Waals surface area (Å²) in [5, 5.41) is 12.3. The van der Waals surface area contributed by atoms with Gasteiger partial charge in [0.05, 0.1) is 27.1 Å². The maximum atomic E-state index is 12.9. The molecule has 9 nitrogen and oxygen atoms in total. The average Bonchev–Trinajstić information content (AvgIpc) is 3.51. The minimum atomic E-state index is -0.219. The van der Waals surface area contributed by atoms with E-state index in [1.54, 1.807) is 51.7 Å². The average molecular weight is 607 g/mol. The Labute approximate surface area is 259 Å². The number of aromatic nitrogens is 3. The van der Waals surface area contributed by atoms with Crippen molar-refractivity contribution in [3.05, 3.63) is 114 Å². The number of methoxy groups -OCH3 is 3. The lowest BCUT2D eigenvalue weighted by Crippen LogP contribution is -2.14. The van der Waals surface area contributed by atoms with E-state index in [0.29, 0.717) is 33.7 Å². The number of rotatable bonds is 12. The Kier molecular flexibility index (Phi) is 9.73. The van der Waals surface area contributed by atoms with Crippen LogP contribution < -0.4 is 19.5 Å². The second-order valence-electron chi connectivity index (χ2n) is 9.43. The van der Waals surface area contributed by atoms with Crippen molar-refractivity contribution >= 4 is 35.2 Å². The summed E-state index contributed by atoms with van der Waals surface area (Å²) < 4.78 is 17.9. The number of hydrogen-bond acceptors (Lipinski definition) is 8. The standard InChI is InChI=1S/C34H30N4O5S/c1-41-28-17-9-23(10-18-28)11-19-29(39)24-12-15-26(16-13-24)35-32(40)22-44-34-37-36-33(38(34)27-7-5-4-6-8-27)25-14-20-30(42-2)31(21-25)43-3/h4-21H,22H2,1-3H3,(H,35,40)/b19-11+. The number of anilines is 1. The molecule has 10 heteroatoms. The fourth-order valence-electron chi connectivity index (χ4n) is 4.36. The molecule has 44 heavy (non-hydrogen) atoms. The normalized spacial score (nSPS) is 10.9. The second-order valence-corrected chi connectivity index (χ2v) is 10.4. The molecule has 0 bridgehead atoms. The molecule has 1 amide bonds. The molecule has 0 radical (unpaired) electrons. The van der Waals surface area contributed by atoms with Gasteiger partial charge in [-0.25, -0.2) is 0 Å². The molecule has 5 aromatic rings. The highest BCUT2D eigenvalue weighted by Crippen LogP contribution is 2.34. The third kappa shape index (κ3) is 7.16. The second kappa shape index (κ2) is 14.2. The first-order valence-corrected chi connectivity index (χ1v) is 14.6. The van der Waals surface area contributed by atoms with E-state index in [-0.39, 0.29) is 17.4 Å². The van der Waals surface area contributed by atoms with Gasteiger partial charge in [-0.3, -0.25) is 14.2 Å². The molecule has 4 aromatic carbocycles. The van der Waals surface area contributed by atoms with Crippen molar-refractivity contribution in [2.45, 2.75) is 5.16 Å². The van der Waals surface area contributed by atoms with Crippen molar-refractivity contribution in [3.8, 4) is 34.3 Å². The molecule has 0 aliphatic heterocycles. The first-order chi connectivity index (χ1) is 21.5. The minimum absolute atomic E-state index is 0.0994. The highest BCUT2D eigenvalue weighted by molar-refractivity contribution is 7.99. The van der Waals surface area contributed by atoms with Gasteiger partial charge < -0.3 is 19.5 Å². The van der Waals surface area contributed by atoms with Crippen LogP contribution in [-0.2, 0) is 4.79 Å². The Morgan fingerprint density at radius 1 is 0.818 bits per heavy atom. The summed E-state index contributed by atoms with van der Waals surface area (Å²) in [5.41, 5.74) is 3.62. The number of nitrogens with zero attached hydrogens (tertiary/aromatic N) is 3. The smallest absolute Gasteiger partial charge is 0.234 e. The van der Waals surface area contributed by atoms with E-state index in [4.69, 9.17) is 14.2 Å². The maximum Gasteiger partial charge on any atom is 0.234 e. The summed E-state index contributed by atoms with van der Waals surface area (Å²) >= 11 is 1.27. The van der Waals surface area contributed by atoms with Gasteiger partial charge in [0.2, 0.25) is 5.91 Å². The van der Waals surface area contributed by atoms with Gasteiger partial charge in [-0.2, -0.15) is 0 Å². The van der Waals surface area contributed by atoms with Crippen LogP contribution in [0.4, 0.5) is 5.69 Å². The molecular weight excluding hydrogens is 576 g/mol. The van der Waals surface area contributed by atoms with Gasteiger partial charge in [0.15, 0.2) is 28.3 Å². The molecule has 1 heterocycles. The highest BCUT2D eigenvalue weighted by Gasteiger charge is 2.19. The van der Waals surface area contributed by atoms with Crippen molar-refractivity contribution < 1.29 is 23.8 Å². The van der Waals surface area contributed by atoms with E-state index in [9.17, 15) is 9.59 Å². The van der Waals surface area contributed by atoms with E-state index in [2.05, 4.69) is 15.5 Å². The first kappa shape index (κ1) is 30.1. The Hall–Kier alpha value is -5.35. The summed E-state index contributed by atoms with van der Waals surface area (Å²) in [6, 6.07) is 29.4. The largest absolute Gasteiger partial charge is 0.497 e. The third-order valence-corrected chi connectivity index (χ3v) is 7.55. The number of ketones is 1. The number of thioether (sulfide) groups is 1. The van der Waals surface area contributed by atoms with E-state index in [0.717, 1.165) is 22.6 Å². The molecule has 0 aliphatic rings. The maximum absolute atomic E-state index is 12.9. The summed E-state index contributed by atoms with van der Waals surface area (Å²) in [4.78, 5) is 25.5. The fourth-order valence-corrected chi connectivity index (χ4v) is 5.12. The predicted octanol–water partition coefficient (Wildman–Crippen LogP) is 6.59. The molecule has 5 rings (SSSR count). The molecular formula is C34H30N4O5S. The van der Waals surface area contributed by atoms with E-state index in [1.165, 1.54) is 17.8 Å². The van der Waals surface area contributed by atoms with Crippen molar-refractivity contribution in [3.63, 3.8) is 0 Å². The first-order valence-electron chi connectivity index (χ1n) is 13.6. The number of amides is 1. The number of allylic oxidation sites excluding steroid dienone is 1. The van der Waals surface area contributed by atoms with Crippen LogP contribution in [-0.4, -0.2) is 53.5 Å². The van der Waals surface area contributed by atoms with Crippen LogP contribution >= 0.6 is 11.8 Å². The third-order valence-electron chi connectivity index (χ3n) is 6.62. The van der Waals surface area contributed by atoms with E-state index < -0.39 is 0 Å². The molecule has 1 aromatic heterocycles. The SMILES string of the molecule is COc1ccc(/C=C/C(=O)c2ccc(NC(=O)CSc3nnc(-c4ccc(OC)c(OC)c4)n3-c3ccccc3)cc2)cc1. The predicted molar refractivity (Wildman–Crippen MR) is 172 cm³/mol. The number of nitrogens with one attached hydrogen (secondary N) is 1. The van der Waals surface area contributed by atoms with Gasteiger partial charge in [-0.1, -0.05) is 48.2 Å². The Balaban J connectivity index is 1.25. The van der Waals surface area contributed by atoms with Gasteiger partial charge >= 0.3 is 0 Å². The van der Waals surface area contributed by atoms with Crippen molar-refractivity contribution in [2.75, 3.05) is 32.4 Å². The van der Waals surface area contributed by atoms with Crippen LogP contribution in [0.2, 0.25) is 0 Å². The Morgan fingerprint density at radius 2 is 1.55 bits per heavy atom. The van der Waals surface area contributed by atoms with Gasteiger partial charge in [0, 0.05) is 22.5 Å². The van der Waals surface area contributed by atoms with Crippen molar-refractivity contribution in [1.82, 2.24) is 14.8 Å². The van der Waals surface area contributed by atoms with Gasteiger partial charge in [-0.05, 0) is 78.4 Å². The number of para-hydroxylation sites is 1. The lowest BCUT2D eigenvalue weighted by molar-refractivity contribution is -0.113. The molecule has 0 aliphatic carbocycles. The molecule has 0 saturated heterocycles. The molecule has 0 spiro atoms. The summed E-state index contributed by atoms with van der Waals surface area (Å²) in [7, 11) is 4.77. The summed E-state index contributed by atoms with van der Waals surface area (Å²) in [5.74, 6) is 2.27. The van der Waals surface area contributed by atoms with E-state index in [1.807, 2.05) is 77.4 Å². The van der Waals surface area contributed by atoms with Crippen LogP contribution in [0.3, 0.4) is 0 Å². The molecule has 1 N–H and O–H groups in total. The van der Waals surface area contributed by atoms with Crippen LogP contribution in [0, 0.1) is 0 Å². The number of carbonyl (C=O) groups excluding carboxylic acids is 2. The van der Waals surface area contributed by atoms with Crippen LogP contribution in [0.15, 0.2) is 108 Å². The highest BCUT2D eigenvalue weighted by atomic mass is 32.2. The van der Waals surface area contributed by atoms with Crippen molar-refractivity contribution in [1.29, 1.82) is 0 Å². The van der Waals surface area contributed by atoms with Gasteiger partial charge in [0.1, 0.15) is 5.75 Å². The Bertz CT molecular complexity index is 1770. The lowest BCUT2D eigenvalue weighted by atomic mass is 10.1. The summed E-state index contributed by atoms with van der Waals surface area (Å²) in [6.45, 7) is 0. The molecule has 222 valence electrons. The van der Waals surface area contributed by atoms with Crippen LogP contribution in [0.1, 0.15) is 15.9 Å².